The fourth-order valence-electron chi connectivity index (χ4n) is 3.00. The number of hydrogen-bond donors (Lipinski definition) is 1. The fraction of sp³-hybridized carbons (Fsp3) is 0.125. The number of anilines is 1. The molecule has 0 bridgehead atoms. The van der Waals surface area contributed by atoms with Gasteiger partial charge in [0, 0.05) is 29.1 Å². The van der Waals surface area contributed by atoms with E-state index in [0.717, 1.165) is 0 Å². The zero-order valence-electron chi connectivity index (χ0n) is 17.2. The standard InChI is InChI=1S/C24H19Cl2NO5/c1-14(28)27-20-13-21(31-2)18(12-19(20)26)24(30)32-23(16-8-10-17(25)11-9-16)22(29)15-6-4-3-5-7-15/h3-13,23H,1-2H3,(H,27,28)/t23-/m1/s1. The molecule has 0 unspecified atom stereocenters. The summed E-state index contributed by atoms with van der Waals surface area (Å²) in [6, 6.07) is 17.7. The van der Waals surface area contributed by atoms with E-state index >= 15 is 0 Å². The second-order valence-corrected chi connectivity index (χ2v) is 7.62. The van der Waals surface area contributed by atoms with Crippen LogP contribution in [-0.2, 0) is 9.53 Å². The van der Waals surface area contributed by atoms with Crippen LogP contribution < -0.4 is 10.1 Å². The maximum Gasteiger partial charge on any atom is 0.343 e. The Morgan fingerprint density at radius 2 is 1.59 bits per heavy atom. The molecule has 3 aromatic carbocycles. The second kappa shape index (κ2) is 10.3. The lowest BCUT2D eigenvalue weighted by molar-refractivity contribution is -0.114. The van der Waals surface area contributed by atoms with Crippen LogP contribution in [0, 0.1) is 0 Å². The summed E-state index contributed by atoms with van der Waals surface area (Å²) in [5.41, 5.74) is 1.12. The summed E-state index contributed by atoms with van der Waals surface area (Å²) in [6.45, 7) is 1.33. The lowest BCUT2D eigenvalue weighted by Gasteiger charge is -2.19. The van der Waals surface area contributed by atoms with Gasteiger partial charge in [-0.15, -0.1) is 0 Å². The van der Waals surface area contributed by atoms with Crippen LogP contribution in [0.1, 0.15) is 39.3 Å². The average molecular weight is 472 g/mol. The number of benzene rings is 3. The smallest absolute Gasteiger partial charge is 0.343 e. The predicted octanol–water partition coefficient (Wildman–Crippen LogP) is 5.74. The van der Waals surface area contributed by atoms with E-state index in [-0.39, 0.29) is 27.9 Å². The normalized spacial score (nSPS) is 11.4. The Morgan fingerprint density at radius 1 is 0.938 bits per heavy atom. The highest BCUT2D eigenvalue weighted by molar-refractivity contribution is 6.34. The number of esters is 1. The zero-order valence-corrected chi connectivity index (χ0v) is 18.7. The van der Waals surface area contributed by atoms with Crippen molar-refractivity contribution in [1.82, 2.24) is 0 Å². The Labute approximate surface area is 195 Å². The third kappa shape index (κ3) is 5.46. The largest absolute Gasteiger partial charge is 0.496 e. The van der Waals surface area contributed by atoms with Crippen molar-refractivity contribution in [3.8, 4) is 5.75 Å². The Kier molecular flexibility index (Phi) is 7.51. The first-order valence-corrected chi connectivity index (χ1v) is 10.3. The summed E-state index contributed by atoms with van der Waals surface area (Å²) in [5, 5.41) is 3.15. The molecule has 0 radical (unpaired) electrons. The minimum absolute atomic E-state index is 0.00595. The van der Waals surface area contributed by atoms with Crippen molar-refractivity contribution in [3.63, 3.8) is 0 Å². The van der Waals surface area contributed by atoms with Gasteiger partial charge < -0.3 is 14.8 Å². The molecule has 0 saturated heterocycles. The molecule has 0 aliphatic carbocycles. The third-order valence-electron chi connectivity index (χ3n) is 4.51. The van der Waals surface area contributed by atoms with Crippen LogP contribution in [0.3, 0.4) is 0 Å². The van der Waals surface area contributed by atoms with E-state index in [1.807, 2.05) is 0 Å². The molecule has 0 saturated carbocycles. The van der Waals surface area contributed by atoms with Crippen LogP contribution >= 0.6 is 23.2 Å². The molecule has 0 aliphatic rings. The van der Waals surface area contributed by atoms with Crippen molar-refractivity contribution in [2.45, 2.75) is 13.0 Å². The minimum atomic E-state index is -1.22. The number of carbonyl (C=O) groups excluding carboxylic acids is 3. The molecule has 0 fully saturated rings. The van der Waals surface area contributed by atoms with Crippen molar-refractivity contribution in [3.05, 3.63) is 93.5 Å². The molecule has 0 aromatic heterocycles. The molecular formula is C24H19Cl2NO5. The van der Waals surface area contributed by atoms with Crippen LogP contribution in [0.4, 0.5) is 5.69 Å². The molecule has 0 aliphatic heterocycles. The van der Waals surface area contributed by atoms with Crippen molar-refractivity contribution in [2.75, 3.05) is 12.4 Å². The van der Waals surface area contributed by atoms with Gasteiger partial charge in [-0.1, -0.05) is 65.7 Å². The molecular weight excluding hydrogens is 453 g/mol. The summed E-state index contributed by atoms with van der Waals surface area (Å²) in [7, 11) is 1.36. The molecule has 0 spiro atoms. The van der Waals surface area contributed by atoms with Gasteiger partial charge in [-0.05, 0) is 18.2 Å². The SMILES string of the molecule is COc1cc(NC(C)=O)c(Cl)cc1C(=O)O[C@@H](C(=O)c1ccccc1)c1ccc(Cl)cc1. The van der Waals surface area contributed by atoms with E-state index < -0.39 is 17.9 Å². The molecule has 164 valence electrons. The molecule has 1 N–H and O–H groups in total. The van der Waals surface area contributed by atoms with Crippen molar-refractivity contribution < 1.29 is 23.9 Å². The summed E-state index contributed by atoms with van der Waals surface area (Å²) in [5.74, 6) is -1.42. The molecule has 1 amide bonds. The number of ether oxygens (including phenoxy) is 2. The minimum Gasteiger partial charge on any atom is -0.496 e. The second-order valence-electron chi connectivity index (χ2n) is 6.78. The molecule has 32 heavy (non-hydrogen) atoms. The Morgan fingerprint density at radius 3 is 2.19 bits per heavy atom. The first-order valence-electron chi connectivity index (χ1n) is 9.51. The lowest BCUT2D eigenvalue weighted by atomic mass is 9.99. The molecule has 3 aromatic rings. The van der Waals surface area contributed by atoms with Crippen LogP contribution in [-0.4, -0.2) is 24.8 Å². The molecule has 1 atom stereocenters. The van der Waals surface area contributed by atoms with Gasteiger partial charge in [0.15, 0.2) is 6.10 Å². The Balaban J connectivity index is 1.98. The molecule has 3 rings (SSSR count). The first kappa shape index (κ1) is 23.3. The zero-order chi connectivity index (χ0) is 23.3. The summed E-state index contributed by atoms with van der Waals surface area (Å²) in [4.78, 5) is 37.6. The number of halogens is 2. The molecule has 6 nitrogen and oxygen atoms in total. The number of amides is 1. The number of carbonyl (C=O) groups is 3. The van der Waals surface area contributed by atoms with E-state index in [1.165, 1.54) is 26.2 Å². The number of hydrogen-bond acceptors (Lipinski definition) is 5. The van der Waals surface area contributed by atoms with Crippen LogP contribution in [0.5, 0.6) is 5.75 Å². The van der Waals surface area contributed by atoms with Gasteiger partial charge in [0.05, 0.1) is 17.8 Å². The van der Waals surface area contributed by atoms with Crippen molar-refractivity contribution in [2.24, 2.45) is 0 Å². The van der Waals surface area contributed by atoms with E-state index in [4.69, 9.17) is 32.7 Å². The van der Waals surface area contributed by atoms with Gasteiger partial charge >= 0.3 is 5.97 Å². The highest BCUT2D eigenvalue weighted by Gasteiger charge is 2.28. The number of rotatable bonds is 7. The van der Waals surface area contributed by atoms with Gasteiger partial charge in [0.25, 0.3) is 0 Å². The van der Waals surface area contributed by atoms with Crippen LogP contribution in [0.25, 0.3) is 0 Å². The van der Waals surface area contributed by atoms with E-state index in [0.29, 0.717) is 16.1 Å². The number of nitrogens with one attached hydrogen (secondary N) is 1. The van der Waals surface area contributed by atoms with Crippen molar-refractivity contribution in [1.29, 1.82) is 0 Å². The topological polar surface area (TPSA) is 81.7 Å². The summed E-state index contributed by atoms with van der Waals surface area (Å²) < 4.78 is 10.9. The van der Waals surface area contributed by atoms with Gasteiger partial charge in [0.1, 0.15) is 11.3 Å². The average Bonchev–Trinajstić information content (AvgIpc) is 2.79. The number of ketones is 1. The lowest BCUT2D eigenvalue weighted by Crippen LogP contribution is -2.21. The van der Waals surface area contributed by atoms with E-state index in [2.05, 4.69) is 5.32 Å². The van der Waals surface area contributed by atoms with Crippen molar-refractivity contribution >= 4 is 46.5 Å². The molecule has 8 heteroatoms. The predicted molar refractivity (Wildman–Crippen MR) is 123 cm³/mol. The maximum absolute atomic E-state index is 13.2. The van der Waals surface area contributed by atoms with Crippen LogP contribution in [0.2, 0.25) is 10.0 Å². The number of Topliss-reactive ketones (excluding diaryl/α,β-unsaturated/α-hetero) is 1. The fourth-order valence-corrected chi connectivity index (χ4v) is 3.34. The summed E-state index contributed by atoms with van der Waals surface area (Å²) >= 11 is 12.2. The molecule has 0 heterocycles. The summed E-state index contributed by atoms with van der Waals surface area (Å²) in [6.07, 6.45) is -1.22. The van der Waals surface area contributed by atoms with E-state index in [1.54, 1.807) is 54.6 Å². The highest BCUT2D eigenvalue weighted by Crippen LogP contribution is 2.33. The van der Waals surface area contributed by atoms with Gasteiger partial charge in [-0.3, -0.25) is 9.59 Å². The Bertz CT molecular complexity index is 1150. The van der Waals surface area contributed by atoms with Gasteiger partial charge in [0.2, 0.25) is 11.7 Å². The number of methoxy groups -OCH3 is 1. The van der Waals surface area contributed by atoms with Crippen LogP contribution in [0.15, 0.2) is 66.7 Å². The van der Waals surface area contributed by atoms with Gasteiger partial charge in [-0.2, -0.15) is 0 Å². The van der Waals surface area contributed by atoms with Gasteiger partial charge in [-0.25, -0.2) is 4.79 Å². The first-order chi connectivity index (χ1) is 15.3. The third-order valence-corrected chi connectivity index (χ3v) is 5.08. The van der Waals surface area contributed by atoms with E-state index in [9.17, 15) is 14.4 Å². The Hall–Kier alpha value is -3.35. The quantitative estimate of drug-likeness (QED) is 0.350. The highest BCUT2D eigenvalue weighted by atomic mass is 35.5. The monoisotopic (exact) mass is 471 g/mol. The maximum atomic E-state index is 13.2.